The highest BCUT2D eigenvalue weighted by Crippen LogP contribution is 2.43. The predicted molar refractivity (Wildman–Crippen MR) is 202 cm³/mol. The van der Waals surface area contributed by atoms with E-state index in [-0.39, 0.29) is 28.1 Å². The van der Waals surface area contributed by atoms with Crippen molar-refractivity contribution in [1.29, 1.82) is 0 Å². The molecule has 0 amide bonds. The number of benzene rings is 4. The Kier molecular flexibility index (Phi) is 9.71. The first-order valence-corrected chi connectivity index (χ1v) is 17.9. The molecule has 322 valence electrons. The number of aromatic nitrogens is 4. The molecule has 2 aliphatic heterocycles. The van der Waals surface area contributed by atoms with Crippen molar-refractivity contribution in [2.75, 3.05) is 0 Å². The predicted octanol–water partition coefficient (Wildman–Crippen LogP) is 13.1. The molecule has 5 nitrogen and oxygen atoms in total. The van der Waals surface area contributed by atoms with Crippen LogP contribution in [0.15, 0.2) is 48.5 Å². The fraction of sp³-hybridized carbons (Fsp3) is 0. The lowest BCUT2D eigenvalue weighted by molar-refractivity contribution is 0.381. The lowest BCUT2D eigenvalue weighted by atomic mass is 10.0. The molecule has 0 saturated heterocycles. The molecule has 9 rings (SSSR count). The average molecular weight is 901 g/mol. The number of H-pyrrole nitrogens is 2. The maximum absolute atomic E-state index is 15.8. The quantitative estimate of drug-likeness (QED) is 0.0935. The zero-order valence-electron chi connectivity index (χ0n) is 30.9. The fourth-order valence-electron chi connectivity index (χ4n) is 7.40. The zero-order chi connectivity index (χ0) is 45.8. The zero-order valence-corrected chi connectivity index (χ0v) is 30.9. The highest BCUT2D eigenvalue weighted by molar-refractivity contribution is 6.00. The maximum Gasteiger partial charge on any atom is 0.200 e. The van der Waals surface area contributed by atoms with Crippen molar-refractivity contribution in [2.24, 2.45) is 0 Å². The molecule has 3 aromatic heterocycles. The third-order valence-electron chi connectivity index (χ3n) is 10.3. The van der Waals surface area contributed by atoms with E-state index in [4.69, 9.17) is 0 Å². The van der Waals surface area contributed by atoms with Crippen LogP contribution in [0.4, 0.5) is 65.9 Å². The monoisotopic (exact) mass is 900 g/mol. The first kappa shape index (κ1) is 41.6. The summed E-state index contributed by atoms with van der Waals surface area (Å²) in [7, 11) is 0. The molecule has 2 aliphatic rings. The van der Waals surface area contributed by atoms with Crippen molar-refractivity contribution in [3.63, 3.8) is 0 Å². The van der Waals surface area contributed by atoms with Gasteiger partial charge in [-0.15, -0.1) is 0 Å². The number of halogens is 15. The summed E-state index contributed by atoms with van der Waals surface area (Å²) in [6.07, 6.45) is 3.79. The molecule has 0 spiro atoms. The summed E-state index contributed by atoms with van der Waals surface area (Å²) in [5.74, 6) is -37.2. The van der Waals surface area contributed by atoms with Gasteiger partial charge in [-0.1, -0.05) is 12.1 Å². The molecule has 5 heterocycles. The molecular formula is C44H15F15N4O. The van der Waals surface area contributed by atoms with Crippen LogP contribution in [0.5, 0.6) is 5.75 Å². The average Bonchev–Trinajstić information content (AvgIpc) is 4.14. The fourth-order valence-corrected chi connectivity index (χ4v) is 7.40. The molecule has 0 aliphatic carbocycles. The van der Waals surface area contributed by atoms with E-state index in [2.05, 4.69) is 19.9 Å². The van der Waals surface area contributed by atoms with E-state index in [0.29, 0.717) is 0 Å². The SMILES string of the molecule is Oc1ccc(-c2c3nc(c(-c4c(F)c(F)c(F)c(F)c4F)c4ccc([nH]4)c(-c4c(F)c(F)c(F)c(F)c4F)c4nc(c(-c5c(F)c(F)c(F)c(F)c5F)c5ccc2[nH]5)C=C4)C=C3)cc1. The number of aromatic hydroxyl groups is 1. The number of nitrogens with one attached hydrogen (secondary N) is 2. The van der Waals surface area contributed by atoms with Crippen LogP contribution >= 0.6 is 0 Å². The Morgan fingerprint density at radius 1 is 0.281 bits per heavy atom. The van der Waals surface area contributed by atoms with Crippen LogP contribution in [0.3, 0.4) is 0 Å². The van der Waals surface area contributed by atoms with Gasteiger partial charge in [-0.05, 0) is 66.3 Å². The highest BCUT2D eigenvalue weighted by Gasteiger charge is 2.33. The lowest BCUT2D eigenvalue weighted by Crippen LogP contribution is -2.06. The molecule has 0 unspecified atom stereocenters. The maximum atomic E-state index is 15.8. The van der Waals surface area contributed by atoms with Gasteiger partial charge in [0, 0.05) is 44.3 Å². The second-order valence-corrected chi connectivity index (χ2v) is 13.9. The van der Waals surface area contributed by atoms with E-state index >= 15 is 26.3 Å². The summed E-state index contributed by atoms with van der Waals surface area (Å²) >= 11 is 0. The van der Waals surface area contributed by atoms with Gasteiger partial charge in [0.05, 0.1) is 39.5 Å². The Morgan fingerprint density at radius 3 is 0.797 bits per heavy atom. The van der Waals surface area contributed by atoms with Crippen molar-refractivity contribution < 1.29 is 71.0 Å². The van der Waals surface area contributed by atoms with Crippen LogP contribution in [0.2, 0.25) is 0 Å². The van der Waals surface area contributed by atoms with E-state index < -0.39 is 154 Å². The molecule has 0 radical (unpaired) electrons. The van der Waals surface area contributed by atoms with Gasteiger partial charge in [0.1, 0.15) is 5.75 Å². The number of hydrogen-bond donors (Lipinski definition) is 3. The van der Waals surface area contributed by atoms with Gasteiger partial charge in [-0.2, -0.15) is 0 Å². The molecule has 8 bridgehead atoms. The van der Waals surface area contributed by atoms with Gasteiger partial charge >= 0.3 is 0 Å². The molecule has 4 aromatic carbocycles. The number of fused-ring (bicyclic) bond motifs is 8. The highest BCUT2D eigenvalue weighted by atomic mass is 19.2. The van der Waals surface area contributed by atoms with Crippen molar-refractivity contribution >= 4 is 46.4 Å². The Bertz CT molecular complexity index is 3310. The smallest absolute Gasteiger partial charge is 0.200 e. The molecule has 0 saturated carbocycles. The van der Waals surface area contributed by atoms with Gasteiger partial charge in [0.2, 0.25) is 17.5 Å². The van der Waals surface area contributed by atoms with E-state index in [0.717, 1.165) is 42.5 Å². The Balaban J connectivity index is 1.56. The minimum absolute atomic E-state index is 0.0246. The first-order valence-electron chi connectivity index (χ1n) is 17.9. The van der Waals surface area contributed by atoms with Crippen LogP contribution in [0.25, 0.3) is 90.9 Å². The number of phenolic OH excluding ortho intramolecular Hbond substituents is 1. The van der Waals surface area contributed by atoms with Crippen molar-refractivity contribution in [1.82, 2.24) is 19.9 Å². The van der Waals surface area contributed by atoms with Gasteiger partial charge < -0.3 is 15.1 Å². The van der Waals surface area contributed by atoms with Crippen LogP contribution < -0.4 is 0 Å². The molecule has 7 aromatic rings. The van der Waals surface area contributed by atoms with Gasteiger partial charge in [0.15, 0.2) is 69.8 Å². The number of aromatic amines is 2. The molecule has 0 fully saturated rings. The molecular weight excluding hydrogens is 885 g/mol. The lowest BCUT2D eigenvalue weighted by Gasteiger charge is -2.11. The summed E-state index contributed by atoms with van der Waals surface area (Å²) < 4.78 is 227. The second kappa shape index (κ2) is 15.0. The van der Waals surface area contributed by atoms with Crippen LogP contribution in [-0.4, -0.2) is 25.0 Å². The van der Waals surface area contributed by atoms with E-state index in [1.165, 1.54) is 30.3 Å². The largest absolute Gasteiger partial charge is 0.508 e. The van der Waals surface area contributed by atoms with E-state index in [1.807, 2.05) is 0 Å². The van der Waals surface area contributed by atoms with Crippen molar-refractivity contribution in [3.05, 3.63) is 159 Å². The topological polar surface area (TPSA) is 77.6 Å². The number of phenols is 1. The Hall–Kier alpha value is -7.77. The van der Waals surface area contributed by atoms with Crippen molar-refractivity contribution in [3.8, 4) is 50.3 Å². The van der Waals surface area contributed by atoms with Gasteiger partial charge in [-0.25, -0.2) is 75.8 Å². The van der Waals surface area contributed by atoms with Crippen LogP contribution in [0, 0.1) is 87.3 Å². The van der Waals surface area contributed by atoms with E-state index in [9.17, 15) is 44.6 Å². The summed E-state index contributed by atoms with van der Waals surface area (Å²) in [6.45, 7) is 0. The molecule has 64 heavy (non-hydrogen) atoms. The summed E-state index contributed by atoms with van der Waals surface area (Å²) in [5, 5.41) is 10.1. The minimum atomic E-state index is -2.62. The Morgan fingerprint density at radius 2 is 0.516 bits per heavy atom. The van der Waals surface area contributed by atoms with E-state index in [1.54, 1.807) is 0 Å². The molecule has 20 heteroatoms. The normalized spacial score (nSPS) is 12.2. The summed E-state index contributed by atoms with van der Waals surface area (Å²) in [5.41, 5.74) is -12.1. The minimum Gasteiger partial charge on any atom is -0.508 e. The Labute approximate surface area is 345 Å². The standard InChI is InChI=1S/C44H15F15N4O/c45-30-27(31(46)37(52)42(57)36(30)51)24-17-7-5-15(60-17)23(13-1-3-14(64)4-2-13)16-6-8-18(61-16)25(28-32(47)38(53)43(58)39(54)33(28)48)20-10-12-22(63-20)26(21-11-9-19(24)62-21)29-34(49)40(55)44(59)41(56)35(29)50/h1-12,60,63-64H. The third-order valence-corrected chi connectivity index (χ3v) is 10.3. The second-order valence-electron chi connectivity index (χ2n) is 13.9. The van der Waals surface area contributed by atoms with Crippen molar-refractivity contribution in [2.45, 2.75) is 0 Å². The molecule has 3 N–H and O–H groups in total. The number of rotatable bonds is 4. The first-order chi connectivity index (χ1) is 30.4. The summed E-state index contributed by atoms with van der Waals surface area (Å²) in [4.78, 5) is 13.7. The third kappa shape index (κ3) is 6.14. The van der Waals surface area contributed by atoms with Gasteiger partial charge in [-0.3, -0.25) is 0 Å². The number of hydrogen-bond acceptors (Lipinski definition) is 3. The van der Waals surface area contributed by atoms with Crippen LogP contribution in [-0.2, 0) is 0 Å². The molecule has 0 atom stereocenters. The summed E-state index contributed by atoms with van der Waals surface area (Å²) in [6, 6.07) is 8.93. The number of nitrogens with zero attached hydrogens (tertiary/aromatic N) is 2. The van der Waals surface area contributed by atoms with Gasteiger partial charge in [0.25, 0.3) is 0 Å². The van der Waals surface area contributed by atoms with Crippen LogP contribution in [0.1, 0.15) is 22.8 Å².